The number of aromatic nitrogens is 1. The molecule has 4 rings (SSSR count). The average molecular weight is 355 g/mol. The maximum atomic E-state index is 13.9. The Morgan fingerprint density at radius 3 is 2.54 bits per heavy atom. The van der Waals surface area contributed by atoms with E-state index in [2.05, 4.69) is 21.9 Å². The van der Waals surface area contributed by atoms with Crippen LogP contribution in [0.5, 0.6) is 0 Å². The normalized spacial score (nSPS) is 27.6. The molecule has 8 heteroatoms. The van der Waals surface area contributed by atoms with Crippen molar-refractivity contribution < 1.29 is 13.5 Å². The molecule has 1 aromatic heterocycles. The summed E-state index contributed by atoms with van der Waals surface area (Å²) in [7, 11) is 0. The first-order valence-corrected chi connectivity index (χ1v) is 8.02. The van der Waals surface area contributed by atoms with E-state index < -0.39 is 23.8 Å². The van der Waals surface area contributed by atoms with Gasteiger partial charge in [-0.1, -0.05) is 6.07 Å². The Bertz CT molecular complexity index is 912. The Hall–Kier alpha value is -3.02. The predicted octanol–water partition coefficient (Wildman–Crippen LogP) is 1.96. The second kappa shape index (κ2) is 6.37. The molecule has 0 amide bonds. The van der Waals surface area contributed by atoms with E-state index in [0.717, 1.165) is 17.7 Å². The molecule has 4 atom stereocenters. The lowest BCUT2D eigenvalue weighted by molar-refractivity contribution is 0.0340. The van der Waals surface area contributed by atoms with E-state index in [0.29, 0.717) is 5.56 Å². The molecule has 2 aromatic rings. The Balaban J connectivity index is 1.84. The molecule has 2 aliphatic heterocycles. The summed E-state index contributed by atoms with van der Waals surface area (Å²) >= 11 is 0. The molecule has 2 aliphatic rings. The standard InChI is InChI=1S/C18H15F2N5O/c19-12-2-1-10(7-13(12)20)14-11(8-21)17(22)26-18-15(14)16(24-25-18)9-3-5-23-6-4-9/h1-7,14-16,18,24-25H,22H2. The molecule has 1 aromatic carbocycles. The van der Waals surface area contributed by atoms with Gasteiger partial charge in [0.1, 0.15) is 6.07 Å². The molecular weight excluding hydrogens is 340 g/mol. The maximum Gasteiger partial charge on any atom is 0.200 e. The number of nitriles is 1. The minimum absolute atomic E-state index is 0.0202. The number of ether oxygens (including phenoxy) is 1. The van der Waals surface area contributed by atoms with Gasteiger partial charge in [-0.05, 0) is 35.4 Å². The zero-order valence-electron chi connectivity index (χ0n) is 13.5. The minimum Gasteiger partial charge on any atom is -0.458 e. The Kier molecular flexibility index (Phi) is 4.03. The van der Waals surface area contributed by atoms with Crippen LogP contribution in [0.3, 0.4) is 0 Å². The number of halogens is 2. The highest BCUT2D eigenvalue weighted by atomic mass is 19.2. The fourth-order valence-corrected chi connectivity index (χ4v) is 3.66. The van der Waals surface area contributed by atoms with Crippen molar-refractivity contribution in [2.45, 2.75) is 18.2 Å². The quantitative estimate of drug-likeness (QED) is 0.762. The van der Waals surface area contributed by atoms with E-state index in [1.165, 1.54) is 6.07 Å². The van der Waals surface area contributed by atoms with Crippen LogP contribution >= 0.6 is 0 Å². The third-order valence-corrected chi connectivity index (χ3v) is 4.82. The van der Waals surface area contributed by atoms with Gasteiger partial charge in [-0.2, -0.15) is 5.26 Å². The first kappa shape index (κ1) is 16.4. The molecule has 1 saturated heterocycles. The van der Waals surface area contributed by atoms with Crippen molar-refractivity contribution in [1.29, 1.82) is 5.26 Å². The van der Waals surface area contributed by atoms with Gasteiger partial charge >= 0.3 is 0 Å². The van der Waals surface area contributed by atoms with E-state index in [1.54, 1.807) is 12.4 Å². The first-order valence-electron chi connectivity index (χ1n) is 8.02. The molecule has 1 fully saturated rings. The number of hydrogen-bond donors (Lipinski definition) is 3. The predicted molar refractivity (Wildman–Crippen MR) is 87.5 cm³/mol. The van der Waals surface area contributed by atoms with Crippen LogP contribution in [0.25, 0.3) is 0 Å². The number of nitrogens with zero attached hydrogens (tertiary/aromatic N) is 2. The van der Waals surface area contributed by atoms with E-state index in [4.69, 9.17) is 10.5 Å². The monoisotopic (exact) mass is 355 g/mol. The molecule has 0 spiro atoms. The van der Waals surface area contributed by atoms with Gasteiger partial charge in [0.15, 0.2) is 17.9 Å². The zero-order chi connectivity index (χ0) is 18.3. The van der Waals surface area contributed by atoms with Gasteiger partial charge in [-0.3, -0.25) is 4.98 Å². The van der Waals surface area contributed by atoms with Crippen LogP contribution in [-0.4, -0.2) is 11.2 Å². The number of allylic oxidation sites excluding steroid dienone is 1. The average Bonchev–Trinajstić information content (AvgIpc) is 3.07. The van der Waals surface area contributed by atoms with Gasteiger partial charge in [-0.15, -0.1) is 0 Å². The van der Waals surface area contributed by atoms with Crippen molar-refractivity contribution in [1.82, 2.24) is 15.8 Å². The van der Waals surface area contributed by atoms with Gasteiger partial charge in [0, 0.05) is 24.2 Å². The van der Waals surface area contributed by atoms with Crippen molar-refractivity contribution in [3.63, 3.8) is 0 Å². The molecule has 132 valence electrons. The SMILES string of the molecule is N#CC1=C(N)OC2NNC(c3ccncc3)C2C1c1ccc(F)c(F)c1. The van der Waals surface area contributed by atoms with Gasteiger partial charge in [0.25, 0.3) is 0 Å². The molecule has 26 heavy (non-hydrogen) atoms. The van der Waals surface area contributed by atoms with E-state index in [9.17, 15) is 14.0 Å². The third-order valence-electron chi connectivity index (χ3n) is 4.82. The van der Waals surface area contributed by atoms with E-state index in [1.807, 2.05) is 12.1 Å². The fourth-order valence-electron chi connectivity index (χ4n) is 3.66. The van der Waals surface area contributed by atoms with E-state index in [-0.39, 0.29) is 23.4 Å². The molecule has 0 saturated carbocycles. The van der Waals surface area contributed by atoms with Crippen LogP contribution in [0.2, 0.25) is 0 Å². The highest BCUT2D eigenvalue weighted by Gasteiger charge is 2.49. The van der Waals surface area contributed by atoms with Crippen LogP contribution in [0.1, 0.15) is 23.1 Å². The van der Waals surface area contributed by atoms with Crippen molar-refractivity contribution in [3.05, 3.63) is 76.9 Å². The smallest absolute Gasteiger partial charge is 0.200 e. The topological polar surface area (TPSA) is 96.0 Å². The number of fused-ring (bicyclic) bond motifs is 1. The van der Waals surface area contributed by atoms with Crippen molar-refractivity contribution in [3.8, 4) is 6.07 Å². The Morgan fingerprint density at radius 2 is 1.85 bits per heavy atom. The van der Waals surface area contributed by atoms with Gasteiger partial charge in [0.05, 0.1) is 11.6 Å². The second-order valence-corrected chi connectivity index (χ2v) is 6.20. The Labute approximate surface area is 148 Å². The minimum atomic E-state index is -0.972. The van der Waals surface area contributed by atoms with Crippen molar-refractivity contribution in [2.24, 2.45) is 11.7 Å². The van der Waals surface area contributed by atoms with Gasteiger partial charge < -0.3 is 10.5 Å². The highest BCUT2D eigenvalue weighted by Crippen LogP contribution is 2.47. The first-order chi connectivity index (χ1) is 12.6. The molecule has 6 nitrogen and oxygen atoms in total. The number of hydrazine groups is 1. The van der Waals surface area contributed by atoms with Gasteiger partial charge in [0.2, 0.25) is 5.88 Å². The lowest BCUT2D eigenvalue weighted by atomic mass is 9.74. The molecular formula is C18H15F2N5O. The number of hydrogen-bond acceptors (Lipinski definition) is 6. The fraction of sp³-hybridized carbons (Fsp3) is 0.222. The summed E-state index contributed by atoms with van der Waals surface area (Å²) in [6.45, 7) is 0. The number of nitrogens with one attached hydrogen (secondary N) is 2. The maximum absolute atomic E-state index is 13.9. The van der Waals surface area contributed by atoms with Gasteiger partial charge in [-0.25, -0.2) is 19.6 Å². The highest BCUT2D eigenvalue weighted by molar-refractivity contribution is 5.42. The van der Waals surface area contributed by atoms with E-state index >= 15 is 0 Å². The molecule has 0 bridgehead atoms. The van der Waals surface area contributed by atoms with Crippen molar-refractivity contribution >= 4 is 0 Å². The molecule has 0 aliphatic carbocycles. The third kappa shape index (κ3) is 2.58. The molecule has 4 N–H and O–H groups in total. The lowest BCUT2D eigenvalue weighted by Gasteiger charge is -2.35. The molecule has 3 heterocycles. The van der Waals surface area contributed by atoms with Crippen LogP contribution in [-0.2, 0) is 4.74 Å². The summed E-state index contributed by atoms with van der Waals surface area (Å²) in [6.07, 6.45) is 2.80. The summed E-state index contributed by atoms with van der Waals surface area (Å²) in [4.78, 5) is 4.01. The van der Waals surface area contributed by atoms with Crippen LogP contribution in [0, 0.1) is 28.9 Å². The number of nitrogens with two attached hydrogens (primary N) is 1. The number of benzene rings is 1. The van der Waals surface area contributed by atoms with Crippen LogP contribution in [0.15, 0.2) is 54.2 Å². The largest absolute Gasteiger partial charge is 0.458 e. The summed E-state index contributed by atoms with van der Waals surface area (Å²) in [5, 5.41) is 9.61. The zero-order valence-corrected chi connectivity index (χ0v) is 13.5. The number of pyridine rings is 1. The summed E-state index contributed by atoms with van der Waals surface area (Å²) in [5.74, 6) is -2.80. The number of rotatable bonds is 2. The molecule has 4 unspecified atom stereocenters. The summed E-state index contributed by atoms with van der Waals surface area (Å²) in [5.41, 5.74) is 13.7. The Morgan fingerprint density at radius 1 is 1.08 bits per heavy atom. The van der Waals surface area contributed by atoms with Crippen molar-refractivity contribution in [2.75, 3.05) is 0 Å². The van der Waals surface area contributed by atoms with Crippen LogP contribution in [0.4, 0.5) is 8.78 Å². The second-order valence-electron chi connectivity index (χ2n) is 6.20. The lowest BCUT2D eigenvalue weighted by Crippen LogP contribution is -2.41. The summed E-state index contributed by atoms with van der Waals surface area (Å²) < 4.78 is 32.9. The van der Waals surface area contributed by atoms with Crippen LogP contribution < -0.4 is 16.6 Å². The molecule has 0 radical (unpaired) electrons. The summed E-state index contributed by atoms with van der Waals surface area (Å²) in [6, 6.07) is 9.15.